The molecule has 0 bridgehead atoms. The Labute approximate surface area is 389 Å². The van der Waals surface area contributed by atoms with Gasteiger partial charge in [0.2, 0.25) is 0 Å². The molecular formula is C55H101NO7. The van der Waals surface area contributed by atoms with Gasteiger partial charge in [0.15, 0.2) is 6.10 Å². The van der Waals surface area contributed by atoms with E-state index in [-0.39, 0.29) is 42.7 Å². The molecule has 0 saturated heterocycles. The largest absolute Gasteiger partial charge is 0.544 e. The molecule has 8 nitrogen and oxygen atoms in total. The number of likely N-dealkylation sites (N-methyl/N-ethyl adjacent to an activating group) is 1. The number of ether oxygens (including phenoxy) is 3. The highest BCUT2D eigenvalue weighted by Gasteiger charge is 2.25. The van der Waals surface area contributed by atoms with Gasteiger partial charge in [0.25, 0.3) is 0 Å². The molecule has 0 radical (unpaired) electrons. The summed E-state index contributed by atoms with van der Waals surface area (Å²) in [5.74, 6) is -1.73. The minimum Gasteiger partial charge on any atom is -0.544 e. The van der Waals surface area contributed by atoms with Crippen LogP contribution < -0.4 is 5.11 Å². The number of allylic oxidation sites excluding steroid dienone is 6. The predicted molar refractivity (Wildman–Crippen MR) is 263 cm³/mol. The van der Waals surface area contributed by atoms with Gasteiger partial charge >= 0.3 is 11.9 Å². The fraction of sp³-hybridized carbons (Fsp3) is 0.836. The third-order valence-corrected chi connectivity index (χ3v) is 12.0. The Morgan fingerprint density at radius 2 is 0.841 bits per heavy atom. The molecule has 0 aliphatic heterocycles. The highest BCUT2D eigenvalue weighted by Crippen LogP contribution is 2.15. The van der Waals surface area contributed by atoms with Crippen LogP contribution in [-0.2, 0) is 28.6 Å². The summed E-state index contributed by atoms with van der Waals surface area (Å²) in [6.45, 7) is 4.67. The van der Waals surface area contributed by atoms with Gasteiger partial charge in [0.1, 0.15) is 12.6 Å². The number of carboxylic acid groups (broad SMARTS) is 1. The average Bonchev–Trinajstić information content (AvgIpc) is 3.24. The summed E-state index contributed by atoms with van der Waals surface area (Å²) >= 11 is 0. The lowest BCUT2D eigenvalue weighted by Crippen LogP contribution is -2.55. The number of quaternary nitrogens is 1. The van der Waals surface area contributed by atoms with Gasteiger partial charge in [-0.1, -0.05) is 198 Å². The van der Waals surface area contributed by atoms with Crippen molar-refractivity contribution >= 4 is 17.9 Å². The second-order valence-electron chi connectivity index (χ2n) is 19.1. The predicted octanol–water partition coefficient (Wildman–Crippen LogP) is 14.0. The van der Waals surface area contributed by atoms with Gasteiger partial charge in [0, 0.05) is 19.3 Å². The van der Waals surface area contributed by atoms with Gasteiger partial charge in [-0.05, 0) is 64.2 Å². The molecule has 2 unspecified atom stereocenters. The zero-order valence-electron chi connectivity index (χ0n) is 42.0. The van der Waals surface area contributed by atoms with Crippen molar-refractivity contribution in [2.45, 2.75) is 257 Å². The van der Waals surface area contributed by atoms with Gasteiger partial charge in [0.05, 0.1) is 40.3 Å². The van der Waals surface area contributed by atoms with E-state index in [1.807, 2.05) is 0 Å². The molecule has 0 fully saturated rings. The number of rotatable bonds is 48. The second-order valence-corrected chi connectivity index (χ2v) is 19.1. The average molecular weight is 888 g/mol. The van der Waals surface area contributed by atoms with Gasteiger partial charge in [-0.15, -0.1) is 0 Å². The molecule has 63 heavy (non-hydrogen) atoms. The highest BCUT2D eigenvalue weighted by atomic mass is 16.6. The summed E-state index contributed by atoms with van der Waals surface area (Å²) < 4.78 is 17.3. The van der Waals surface area contributed by atoms with Gasteiger partial charge in [-0.2, -0.15) is 0 Å². The number of carboxylic acids is 1. The summed E-state index contributed by atoms with van der Waals surface area (Å²) in [6, 6.07) is -0.727. The van der Waals surface area contributed by atoms with Crippen LogP contribution in [-0.4, -0.2) is 75.5 Å². The third-order valence-electron chi connectivity index (χ3n) is 12.0. The van der Waals surface area contributed by atoms with Crippen LogP contribution >= 0.6 is 0 Å². The molecule has 8 heteroatoms. The van der Waals surface area contributed by atoms with Crippen LogP contribution in [0.1, 0.15) is 245 Å². The van der Waals surface area contributed by atoms with Crippen molar-refractivity contribution in [1.29, 1.82) is 0 Å². The maximum absolute atomic E-state index is 12.8. The Morgan fingerprint density at radius 3 is 1.25 bits per heavy atom. The van der Waals surface area contributed by atoms with E-state index in [0.29, 0.717) is 12.8 Å². The summed E-state index contributed by atoms with van der Waals surface area (Å²) in [4.78, 5) is 37.1. The van der Waals surface area contributed by atoms with Crippen LogP contribution in [0.15, 0.2) is 36.5 Å². The maximum atomic E-state index is 12.8. The molecule has 0 aliphatic carbocycles. The van der Waals surface area contributed by atoms with E-state index < -0.39 is 18.1 Å². The van der Waals surface area contributed by atoms with Crippen LogP contribution in [0.5, 0.6) is 0 Å². The quantitative estimate of drug-likeness (QED) is 0.0197. The van der Waals surface area contributed by atoms with E-state index in [4.69, 9.17) is 14.2 Å². The van der Waals surface area contributed by atoms with E-state index in [1.165, 1.54) is 173 Å². The lowest BCUT2D eigenvalue weighted by Gasteiger charge is -2.34. The molecule has 0 aliphatic rings. The number of aliphatic carboxylic acids is 1. The normalized spacial score (nSPS) is 13.1. The van der Waals surface area contributed by atoms with Crippen molar-refractivity contribution in [2.75, 3.05) is 41.0 Å². The summed E-state index contributed by atoms with van der Waals surface area (Å²) in [6.07, 6.45) is 54.5. The Kier molecular flexibility index (Phi) is 44.3. The first-order chi connectivity index (χ1) is 30.6. The van der Waals surface area contributed by atoms with Gasteiger partial charge < -0.3 is 28.6 Å². The molecule has 0 heterocycles. The first kappa shape index (κ1) is 60.5. The first-order valence-corrected chi connectivity index (χ1v) is 26.5. The fourth-order valence-electron chi connectivity index (χ4n) is 7.88. The van der Waals surface area contributed by atoms with E-state index >= 15 is 0 Å². The number of nitrogens with zero attached hydrogens (tertiary/aromatic N) is 1. The molecule has 368 valence electrons. The van der Waals surface area contributed by atoms with E-state index in [2.05, 4.69) is 50.3 Å². The minimum absolute atomic E-state index is 0.0399. The zero-order valence-corrected chi connectivity index (χ0v) is 42.0. The number of unbranched alkanes of at least 4 members (excludes halogenated alkanes) is 29. The minimum atomic E-state index is -1.12. The summed E-state index contributed by atoms with van der Waals surface area (Å²) in [5, 5.41) is 11.7. The molecule has 0 rings (SSSR count). The fourth-order valence-corrected chi connectivity index (χ4v) is 7.88. The summed E-state index contributed by atoms with van der Waals surface area (Å²) in [5.41, 5.74) is 0. The smallest absolute Gasteiger partial charge is 0.306 e. The molecule has 0 spiro atoms. The molecule has 0 N–H and O–H groups in total. The SMILES string of the molecule is CCCCCC/C=C/C=C/CCCCCCCCCCCCC(=O)OCC(COCCC(C(=O)[O-])[N+](C)(C)C)OC(=O)CCCCCCCCC/C=C/CCCCCCCCCC. The Balaban J connectivity index is 4.23. The van der Waals surface area contributed by atoms with Crippen molar-refractivity contribution in [2.24, 2.45) is 0 Å². The molecule has 0 aromatic heterocycles. The van der Waals surface area contributed by atoms with Crippen LogP contribution in [0.4, 0.5) is 0 Å². The topological polar surface area (TPSA) is 102 Å². The molecule has 0 aromatic carbocycles. The van der Waals surface area contributed by atoms with Gasteiger partial charge in [-0.25, -0.2) is 0 Å². The number of hydrogen-bond donors (Lipinski definition) is 0. The number of carbonyl (C=O) groups excluding carboxylic acids is 3. The van der Waals surface area contributed by atoms with Crippen LogP contribution in [0.2, 0.25) is 0 Å². The standard InChI is InChI=1S/C55H101NO7/c1-6-8-10-12-14-16-18-20-22-24-26-28-29-31-33-35-37-39-41-43-45-53(57)62-50-51(49-61-48-47-52(55(59)60)56(3,4)5)63-54(58)46-44-42-40-38-36-34-32-30-27-25-23-21-19-17-15-13-11-9-7-2/h16,18,20,22,25,27,51-52H,6-15,17,19,21,23-24,26,28-50H2,1-5H3/b18-16+,22-20+,27-25+. The maximum Gasteiger partial charge on any atom is 0.306 e. The lowest BCUT2D eigenvalue weighted by atomic mass is 10.1. The van der Waals surface area contributed by atoms with Crippen molar-refractivity contribution in [1.82, 2.24) is 0 Å². The van der Waals surface area contributed by atoms with Crippen LogP contribution in [0.25, 0.3) is 0 Å². The van der Waals surface area contributed by atoms with Crippen molar-refractivity contribution in [3.05, 3.63) is 36.5 Å². The van der Waals surface area contributed by atoms with Crippen molar-refractivity contribution in [3.8, 4) is 0 Å². The molecular weight excluding hydrogens is 787 g/mol. The summed E-state index contributed by atoms with van der Waals surface area (Å²) in [7, 11) is 5.42. The highest BCUT2D eigenvalue weighted by molar-refractivity contribution is 5.70. The Hall–Kier alpha value is -2.45. The van der Waals surface area contributed by atoms with Crippen LogP contribution in [0.3, 0.4) is 0 Å². The van der Waals surface area contributed by atoms with E-state index in [1.54, 1.807) is 21.1 Å². The van der Waals surface area contributed by atoms with Gasteiger partial charge in [-0.3, -0.25) is 9.59 Å². The number of esters is 2. The Bertz CT molecular complexity index is 1130. The van der Waals surface area contributed by atoms with E-state index in [9.17, 15) is 19.5 Å². The number of carbonyl (C=O) groups is 3. The van der Waals surface area contributed by atoms with Crippen molar-refractivity contribution in [3.63, 3.8) is 0 Å². The number of hydrogen-bond acceptors (Lipinski definition) is 7. The second kappa shape index (κ2) is 46.1. The molecule has 0 amide bonds. The lowest BCUT2D eigenvalue weighted by molar-refractivity contribution is -0.889. The van der Waals surface area contributed by atoms with Crippen LogP contribution in [0, 0.1) is 0 Å². The first-order valence-electron chi connectivity index (χ1n) is 26.5. The zero-order chi connectivity index (χ0) is 46.3. The molecule has 0 saturated carbocycles. The third kappa shape index (κ3) is 44.5. The van der Waals surface area contributed by atoms with E-state index in [0.717, 1.165) is 38.5 Å². The monoisotopic (exact) mass is 888 g/mol. The Morgan fingerprint density at radius 1 is 0.476 bits per heavy atom. The molecule has 2 atom stereocenters. The molecule has 0 aromatic rings. The van der Waals surface area contributed by atoms with Crippen molar-refractivity contribution < 1.29 is 38.2 Å².